The van der Waals surface area contributed by atoms with E-state index in [-0.39, 0.29) is 6.17 Å². The van der Waals surface area contributed by atoms with Crippen LogP contribution in [0.3, 0.4) is 0 Å². The average Bonchev–Trinajstić information content (AvgIpc) is 2.89. The van der Waals surface area contributed by atoms with Crippen LogP contribution in [0.25, 0.3) is 0 Å². The molecule has 4 nitrogen and oxygen atoms in total. The zero-order valence-electron chi connectivity index (χ0n) is 12.9. The largest absolute Gasteiger partial charge is 0.287 e. The fourth-order valence-corrected chi connectivity index (χ4v) is 3.02. The predicted octanol–water partition coefficient (Wildman–Crippen LogP) is 4.77. The van der Waals surface area contributed by atoms with E-state index in [1.165, 1.54) is 11.1 Å². The van der Waals surface area contributed by atoms with Crippen molar-refractivity contribution in [3.8, 4) is 0 Å². The number of benzene rings is 1. The number of pyridine rings is 1. The number of anilines is 1. The topological polar surface area (TPSA) is 40.9 Å². The highest BCUT2D eigenvalue weighted by molar-refractivity contribution is 7.80. The molecule has 1 atom stereocenters. The summed E-state index contributed by atoms with van der Waals surface area (Å²) in [4.78, 5) is 6.04. The molecule has 0 bridgehead atoms. The second kappa shape index (κ2) is 5.93. The van der Waals surface area contributed by atoms with Gasteiger partial charge in [-0.3, -0.25) is 9.88 Å². The second-order valence-corrected chi connectivity index (χ2v) is 6.08. The smallest absolute Gasteiger partial charge is 0.222 e. The Bertz CT molecular complexity index is 725. The summed E-state index contributed by atoms with van der Waals surface area (Å²) >= 11 is 5.38. The lowest BCUT2D eigenvalue weighted by Gasteiger charge is -2.24. The van der Waals surface area contributed by atoms with Crippen molar-refractivity contribution in [2.24, 2.45) is 10.2 Å². The molecule has 0 radical (unpaired) electrons. The van der Waals surface area contributed by atoms with Gasteiger partial charge in [0.05, 0.1) is 0 Å². The van der Waals surface area contributed by atoms with Gasteiger partial charge in [-0.15, -0.1) is 5.11 Å². The van der Waals surface area contributed by atoms with E-state index in [0.29, 0.717) is 11.0 Å². The molecule has 0 saturated carbocycles. The van der Waals surface area contributed by atoms with Crippen LogP contribution in [0.4, 0.5) is 5.69 Å². The maximum atomic E-state index is 5.38. The molecule has 0 amide bonds. The number of nitrogens with zero attached hydrogens (tertiary/aromatic N) is 4. The number of thiocarbonyl (C=S) groups is 1. The normalized spacial score (nSPS) is 17.5. The van der Waals surface area contributed by atoms with Gasteiger partial charge in [-0.05, 0) is 60.5 Å². The van der Waals surface area contributed by atoms with Crippen molar-refractivity contribution in [2.45, 2.75) is 32.9 Å². The van der Waals surface area contributed by atoms with Crippen LogP contribution in [-0.4, -0.2) is 10.1 Å². The third-order valence-corrected chi connectivity index (χ3v) is 4.14. The average molecular weight is 310 g/mol. The molecule has 0 spiro atoms. The maximum Gasteiger partial charge on any atom is 0.222 e. The van der Waals surface area contributed by atoms with Crippen molar-refractivity contribution in [1.82, 2.24) is 4.98 Å². The zero-order valence-corrected chi connectivity index (χ0v) is 13.7. The Morgan fingerprint density at radius 1 is 1.14 bits per heavy atom. The van der Waals surface area contributed by atoms with E-state index in [9.17, 15) is 0 Å². The fourth-order valence-electron chi connectivity index (χ4n) is 2.77. The lowest BCUT2D eigenvalue weighted by atomic mass is 9.97. The third-order valence-electron chi connectivity index (χ3n) is 3.86. The van der Waals surface area contributed by atoms with Gasteiger partial charge in [-0.2, -0.15) is 5.11 Å². The molecule has 1 unspecified atom stereocenters. The highest BCUT2D eigenvalue weighted by Crippen LogP contribution is 2.35. The molecule has 0 fully saturated rings. The molecule has 1 aliphatic rings. The molecule has 0 saturated heterocycles. The van der Waals surface area contributed by atoms with E-state index in [1.54, 1.807) is 12.4 Å². The van der Waals surface area contributed by atoms with Crippen LogP contribution in [0.5, 0.6) is 0 Å². The van der Waals surface area contributed by atoms with Gasteiger partial charge < -0.3 is 0 Å². The van der Waals surface area contributed by atoms with Crippen LogP contribution in [0.1, 0.15) is 42.6 Å². The first kappa shape index (κ1) is 14.8. The number of hydrogen-bond acceptors (Lipinski definition) is 3. The minimum absolute atomic E-state index is 0.209. The number of aromatic nitrogens is 1. The van der Waals surface area contributed by atoms with Crippen LogP contribution >= 0.6 is 12.2 Å². The van der Waals surface area contributed by atoms with Gasteiger partial charge >= 0.3 is 0 Å². The minimum atomic E-state index is -0.209. The van der Waals surface area contributed by atoms with Crippen molar-refractivity contribution in [1.29, 1.82) is 0 Å². The summed E-state index contributed by atoms with van der Waals surface area (Å²) in [7, 11) is 0. The Morgan fingerprint density at radius 2 is 1.86 bits per heavy atom. The molecule has 22 heavy (non-hydrogen) atoms. The molecule has 1 aromatic carbocycles. The fraction of sp³-hybridized carbons (Fsp3) is 0.294. The Labute approximate surface area is 135 Å². The molecule has 2 heterocycles. The van der Waals surface area contributed by atoms with Gasteiger partial charge in [-0.25, -0.2) is 0 Å². The zero-order chi connectivity index (χ0) is 15.7. The van der Waals surface area contributed by atoms with Gasteiger partial charge in [0, 0.05) is 23.6 Å². The molecule has 2 aromatic rings. The van der Waals surface area contributed by atoms with E-state index in [1.807, 2.05) is 17.0 Å². The second-order valence-electron chi connectivity index (χ2n) is 5.72. The van der Waals surface area contributed by atoms with E-state index in [4.69, 9.17) is 12.2 Å². The molecule has 0 N–H and O–H groups in total. The quantitative estimate of drug-likeness (QED) is 0.767. The number of hydrogen-bond donors (Lipinski definition) is 0. The van der Waals surface area contributed by atoms with Gasteiger partial charge in [0.15, 0.2) is 6.17 Å². The van der Waals surface area contributed by atoms with Crippen LogP contribution < -0.4 is 4.90 Å². The van der Waals surface area contributed by atoms with Gasteiger partial charge in [0.25, 0.3) is 0 Å². The molecular formula is C17H18N4S. The monoisotopic (exact) mass is 310 g/mol. The van der Waals surface area contributed by atoms with Crippen molar-refractivity contribution < 1.29 is 0 Å². The summed E-state index contributed by atoms with van der Waals surface area (Å²) in [6.45, 7) is 6.54. The van der Waals surface area contributed by atoms with Crippen molar-refractivity contribution in [3.05, 3.63) is 59.4 Å². The first-order valence-electron chi connectivity index (χ1n) is 7.32. The van der Waals surface area contributed by atoms with Gasteiger partial charge in [0.2, 0.25) is 5.11 Å². The molecule has 1 aromatic heterocycles. The van der Waals surface area contributed by atoms with Crippen LogP contribution in [0.2, 0.25) is 0 Å². The Morgan fingerprint density at radius 3 is 2.50 bits per heavy atom. The lowest BCUT2D eigenvalue weighted by Crippen LogP contribution is -2.27. The van der Waals surface area contributed by atoms with E-state index in [0.717, 1.165) is 11.3 Å². The SMILES string of the molecule is Cc1cc(N2C(=S)N=NC2c2ccncc2)ccc1C(C)C. The Hall–Kier alpha value is -2.14. The van der Waals surface area contributed by atoms with Crippen molar-refractivity contribution in [2.75, 3.05) is 4.90 Å². The van der Waals surface area contributed by atoms with Gasteiger partial charge in [-0.1, -0.05) is 19.9 Å². The summed E-state index contributed by atoms with van der Waals surface area (Å²) in [5.74, 6) is 0.505. The first-order valence-corrected chi connectivity index (χ1v) is 7.73. The van der Waals surface area contributed by atoms with E-state index < -0.39 is 0 Å². The summed E-state index contributed by atoms with van der Waals surface area (Å²) in [6.07, 6.45) is 3.31. The Kier molecular flexibility index (Phi) is 3.98. The van der Waals surface area contributed by atoms with Crippen molar-refractivity contribution in [3.63, 3.8) is 0 Å². The highest BCUT2D eigenvalue weighted by atomic mass is 32.1. The van der Waals surface area contributed by atoms with Crippen LogP contribution in [0.15, 0.2) is 53.0 Å². The predicted molar refractivity (Wildman–Crippen MR) is 92.2 cm³/mol. The molecule has 3 rings (SSSR count). The minimum Gasteiger partial charge on any atom is -0.287 e. The van der Waals surface area contributed by atoms with Crippen LogP contribution in [-0.2, 0) is 0 Å². The van der Waals surface area contributed by atoms with Crippen molar-refractivity contribution >= 4 is 23.0 Å². The maximum absolute atomic E-state index is 5.38. The van der Waals surface area contributed by atoms with Crippen LogP contribution in [0, 0.1) is 6.92 Å². The molecule has 1 aliphatic heterocycles. The molecular weight excluding hydrogens is 292 g/mol. The number of azo groups is 1. The van der Waals surface area contributed by atoms with E-state index >= 15 is 0 Å². The molecule has 5 heteroatoms. The summed E-state index contributed by atoms with van der Waals surface area (Å²) in [6, 6.07) is 10.3. The first-order chi connectivity index (χ1) is 10.6. The number of aryl methyl sites for hydroxylation is 1. The summed E-state index contributed by atoms with van der Waals surface area (Å²) < 4.78 is 0. The van der Waals surface area contributed by atoms with E-state index in [2.05, 4.69) is 54.2 Å². The Balaban J connectivity index is 1.99. The number of rotatable bonds is 3. The molecule has 0 aliphatic carbocycles. The summed E-state index contributed by atoms with van der Waals surface area (Å²) in [5, 5.41) is 8.91. The lowest BCUT2D eigenvalue weighted by molar-refractivity contribution is 0.762. The highest BCUT2D eigenvalue weighted by Gasteiger charge is 2.29. The summed E-state index contributed by atoms with van der Waals surface area (Å²) in [5.41, 5.74) is 4.67. The third kappa shape index (κ3) is 2.64. The van der Waals surface area contributed by atoms with Gasteiger partial charge in [0.1, 0.15) is 0 Å². The standard InChI is InChI=1S/C17H18N4S/c1-11(2)15-5-4-14(10-12(15)3)21-16(19-20-17(21)22)13-6-8-18-9-7-13/h4-11,16H,1-3H3. The molecule has 112 valence electrons.